The van der Waals surface area contributed by atoms with E-state index in [-0.39, 0.29) is 12.3 Å². The number of carbonyl (C=O) groups is 2. The fourth-order valence-corrected chi connectivity index (χ4v) is 1.67. The molecule has 0 heterocycles. The second kappa shape index (κ2) is 7.27. The van der Waals surface area contributed by atoms with Crippen LogP contribution in [0.5, 0.6) is 0 Å². The first-order chi connectivity index (χ1) is 7.88. The first-order valence-electron chi connectivity index (χ1n) is 6.06. The Morgan fingerprint density at radius 3 is 2.18 bits per heavy atom. The maximum Gasteiger partial charge on any atom is 0.310 e. The number of hydrogen-bond donors (Lipinski definition) is 3. The first kappa shape index (κ1) is 15.9. The Kier molecular flexibility index (Phi) is 6.80. The first-order valence-corrected chi connectivity index (χ1v) is 6.06. The topological polar surface area (TPSA) is 86.6 Å². The van der Waals surface area contributed by atoms with Crippen LogP contribution in [0.3, 0.4) is 0 Å². The van der Waals surface area contributed by atoms with E-state index < -0.39 is 17.5 Å². The summed E-state index contributed by atoms with van der Waals surface area (Å²) in [6.45, 7) is 5.58. The molecule has 0 aromatic carbocycles. The Balaban J connectivity index is 4.28. The van der Waals surface area contributed by atoms with Crippen molar-refractivity contribution < 1.29 is 19.8 Å². The van der Waals surface area contributed by atoms with Crippen LogP contribution in [0.2, 0.25) is 0 Å². The predicted molar refractivity (Wildman–Crippen MR) is 64.6 cm³/mol. The second-order valence-electron chi connectivity index (χ2n) is 4.46. The summed E-state index contributed by atoms with van der Waals surface area (Å²) < 4.78 is 0. The van der Waals surface area contributed by atoms with Gasteiger partial charge in [0.25, 0.3) is 0 Å². The van der Waals surface area contributed by atoms with Crippen LogP contribution in [-0.2, 0) is 9.59 Å². The summed E-state index contributed by atoms with van der Waals surface area (Å²) in [5.41, 5.74) is -0.963. The van der Waals surface area contributed by atoms with Gasteiger partial charge >= 0.3 is 5.97 Å². The summed E-state index contributed by atoms with van der Waals surface area (Å²) in [4.78, 5) is 22.8. The van der Waals surface area contributed by atoms with Crippen LogP contribution in [0.1, 0.15) is 46.5 Å². The number of aliphatic hydroxyl groups is 1. The van der Waals surface area contributed by atoms with Crippen LogP contribution in [0.15, 0.2) is 0 Å². The summed E-state index contributed by atoms with van der Waals surface area (Å²) in [6, 6.07) is 0. The summed E-state index contributed by atoms with van der Waals surface area (Å²) in [5.74, 6) is -1.19. The molecule has 1 atom stereocenters. The molecule has 1 amide bonds. The minimum Gasteiger partial charge on any atom is -0.481 e. The highest BCUT2D eigenvalue weighted by atomic mass is 16.4. The van der Waals surface area contributed by atoms with Crippen molar-refractivity contribution >= 4 is 11.9 Å². The van der Waals surface area contributed by atoms with Crippen LogP contribution in [0, 0.1) is 5.41 Å². The van der Waals surface area contributed by atoms with Crippen molar-refractivity contribution in [3.8, 4) is 0 Å². The van der Waals surface area contributed by atoms with Gasteiger partial charge in [-0.2, -0.15) is 0 Å². The van der Waals surface area contributed by atoms with Crippen LogP contribution in [0.25, 0.3) is 0 Å². The molecule has 3 N–H and O–H groups in total. The van der Waals surface area contributed by atoms with Crippen molar-refractivity contribution in [2.75, 3.05) is 6.54 Å². The molecule has 0 aromatic heterocycles. The summed E-state index contributed by atoms with van der Waals surface area (Å²) in [6.07, 6.45) is 0.877. The monoisotopic (exact) mass is 245 g/mol. The number of hydrogen-bond acceptors (Lipinski definition) is 3. The van der Waals surface area contributed by atoms with E-state index >= 15 is 0 Å². The Morgan fingerprint density at radius 1 is 1.29 bits per heavy atom. The standard InChI is InChI=1S/C12H23NO4/c1-4-12(5-2,11(16)17)8-10(15)13-7-6-9(3)14/h9,14H,4-8H2,1-3H3,(H,13,15)(H,16,17). The lowest BCUT2D eigenvalue weighted by Gasteiger charge is -2.25. The zero-order valence-electron chi connectivity index (χ0n) is 10.8. The third-order valence-corrected chi connectivity index (χ3v) is 3.19. The summed E-state index contributed by atoms with van der Waals surface area (Å²) >= 11 is 0. The van der Waals surface area contributed by atoms with E-state index in [1.54, 1.807) is 20.8 Å². The second-order valence-corrected chi connectivity index (χ2v) is 4.46. The third-order valence-electron chi connectivity index (χ3n) is 3.19. The smallest absolute Gasteiger partial charge is 0.310 e. The van der Waals surface area contributed by atoms with Gasteiger partial charge < -0.3 is 15.5 Å². The van der Waals surface area contributed by atoms with Crippen molar-refractivity contribution in [2.24, 2.45) is 5.41 Å². The molecule has 0 spiro atoms. The number of nitrogens with one attached hydrogen (secondary N) is 1. The van der Waals surface area contributed by atoms with E-state index in [0.717, 1.165) is 0 Å². The van der Waals surface area contributed by atoms with Crippen LogP contribution in [-0.4, -0.2) is 34.7 Å². The Morgan fingerprint density at radius 2 is 1.82 bits per heavy atom. The fourth-order valence-electron chi connectivity index (χ4n) is 1.67. The third kappa shape index (κ3) is 5.17. The highest BCUT2D eigenvalue weighted by Gasteiger charge is 2.36. The average Bonchev–Trinajstić information content (AvgIpc) is 2.25. The number of rotatable bonds is 8. The molecule has 0 rings (SSSR count). The number of carboxylic acid groups (broad SMARTS) is 1. The van der Waals surface area contributed by atoms with E-state index in [4.69, 9.17) is 10.2 Å². The molecular weight excluding hydrogens is 222 g/mol. The maximum absolute atomic E-state index is 11.6. The molecule has 0 saturated carbocycles. The largest absolute Gasteiger partial charge is 0.481 e. The van der Waals surface area contributed by atoms with Gasteiger partial charge in [-0.3, -0.25) is 9.59 Å². The predicted octanol–water partition coefficient (Wildman–Crippen LogP) is 1.15. The van der Waals surface area contributed by atoms with Crippen molar-refractivity contribution in [1.29, 1.82) is 0 Å². The van der Waals surface area contributed by atoms with Gasteiger partial charge in [0.1, 0.15) is 0 Å². The van der Waals surface area contributed by atoms with Crippen molar-refractivity contribution in [1.82, 2.24) is 5.32 Å². The number of carboxylic acids is 1. The Hall–Kier alpha value is -1.10. The van der Waals surface area contributed by atoms with Crippen LogP contribution < -0.4 is 5.32 Å². The molecule has 0 aliphatic heterocycles. The quantitative estimate of drug-likeness (QED) is 0.599. The molecule has 0 aliphatic rings. The normalized spacial score (nSPS) is 13.2. The molecule has 5 heteroatoms. The number of aliphatic hydroxyl groups excluding tert-OH is 1. The van der Waals surface area contributed by atoms with Gasteiger partial charge in [-0.25, -0.2) is 0 Å². The van der Waals surface area contributed by atoms with Crippen molar-refractivity contribution in [2.45, 2.75) is 52.6 Å². The van der Waals surface area contributed by atoms with E-state index in [1.807, 2.05) is 0 Å². The lowest BCUT2D eigenvalue weighted by molar-refractivity contribution is -0.152. The SMILES string of the molecule is CCC(CC)(CC(=O)NCCC(C)O)C(=O)O. The molecule has 1 unspecified atom stereocenters. The molecule has 0 aliphatic carbocycles. The Bertz CT molecular complexity index is 259. The van der Waals surface area contributed by atoms with Crippen LogP contribution >= 0.6 is 0 Å². The molecule has 0 fully saturated rings. The molecule has 0 bridgehead atoms. The van der Waals surface area contributed by atoms with Gasteiger partial charge in [0, 0.05) is 13.0 Å². The molecule has 0 aromatic rings. The number of amides is 1. The Labute approximate surface area is 102 Å². The fraction of sp³-hybridized carbons (Fsp3) is 0.833. The maximum atomic E-state index is 11.6. The minimum atomic E-state index is -0.963. The molecular formula is C12H23NO4. The van der Waals surface area contributed by atoms with E-state index in [1.165, 1.54) is 0 Å². The summed E-state index contributed by atoms with van der Waals surface area (Å²) in [7, 11) is 0. The van der Waals surface area contributed by atoms with Gasteiger partial charge in [-0.15, -0.1) is 0 Å². The van der Waals surface area contributed by atoms with Gasteiger partial charge in [0.15, 0.2) is 0 Å². The lowest BCUT2D eigenvalue weighted by Crippen LogP contribution is -2.37. The molecule has 0 radical (unpaired) electrons. The highest BCUT2D eigenvalue weighted by Crippen LogP contribution is 2.30. The van der Waals surface area contributed by atoms with Crippen molar-refractivity contribution in [3.05, 3.63) is 0 Å². The van der Waals surface area contributed by atoms with Gasteiger partial charge in [0.2, 0.25) is 5.91 Å². The zero-order chi connectivity index (χ0) is 13.5. The minimum absolute atomic E-state index is 0.00482. The molecule has 0 saturated heterocycles. The average molecular weight is 245 g/mol. The highest BCUT2D eigenvalue weighted by molar-refractivity contribution is 5.84. The van der Waals surface area contributed by atoms with Gasteiger partial charge in [0.05, 0.1) is 11.5 Å². The summed E-state index contributed by atoms with van der Waals surface area (Å²) in [5, 5.41) is 20.8. The number of aliphatic carboxylic acids is 1. The van der Waals surface area contributed by atoms with Gasteiger partial charge in [-0.1, -0.05) is 13.8 Å². The van der Waals surface area contributed by atoms with E-state index in [9.17, 15) is 9.59 Å². The molecule has 17 heavy (non-hydrogen) atoms. The van der Waals surface area contributed by atoms with Gasteiger partial charge in [-0.05, 0) is 26.2 Å². The lowest BCUT2D eigenvalue weighted by atomic mass is 9.79. The molecule has 5 nitrogen and oxygen atoms in total. The number of carbonyl (C=O) groups excluding carboxylic acids is 1. The van der Waals surface area contributed by atoms with E-state index in [2.05, 4.69) is 5.32 Å². The zero-order valence-corrected chi connectivity index (χ0v) is 10.8. The van der Waals surface area contributed by atoms with Crippen molar-refractivity contribution in [3.63, 3.8) is 0 Å². The van der Waals surface area contributed by atoms with Crippen LogP contribution in [0.4, 0.5) is 0 Å². The van der Waals surface area contributed by atoms with E-state index in [0.29, 0.717) is 25.8 Å². The molecule has 100 valence electrons.